The maximum absolute atomic E-state index is 4.50. The summed E-state index contributed by atoms with van der Waals surface area (Å²) in [6.07, 6.45) is 4.07. The van der Waals surface area contributed by atoms with Crippen LogP contribution in [0.5, 0.6) is 0 Å². The summed E-state index contributed by atoms with van der Waals surface area (Å²) in [6, 6.07) is 0. The van der Waals surface area contributed by atoms with Gasteiger partial charge < -0.3 is 10.2 Å². The smallest absolute Gasteiger partial charge is 0.0967 e. The fourth-order valence-electron chi connectivity index (χ4n) is 3.15. The molecule has 1 atom stereocenters. The van der Waals surface area contributed by atoms with Crippen LogP contribution in [0.3, 0.4) is 0 Å². The molecule has 0 aromatic carbocycles. The van der Waals surface area contributed by atoms with Gasteiger partial charge in [-0.2, -0.15) is 0 Å². The molecule has 78 valence electrons. The van der Waals surface area contributed by atoms with Crippen LogP contribution in [0, 0.1) is 11.8 Å². The third-order valence-corrected chi connectivity index (χ3v) is 3.99. The van der Waals surface area contributed by atoms with Gasteiger partial charge in [-0.25, -0.2) is 0 Å². The normalized spacial score (nSPS) is 40.9. The molecule has 1 N–H and O–H groups in total. The van der Waals surface area contributed by atoms with Crippen molar-refractivity contribution in [1.82, 2.24) is 10.2 Å². The van der Waals surface area contributed by atoms with Gasteiger partial charge in [0, 0.05) is 19.5 Å². The van der Waals surface area contributed by atoms with Gasteiger partial charge in [0.1, 0.15) is 0 Å². The van der Waals surface area contributed by atoms with E-state index in [0.717, 1.165) is 24.9 Å². The van der Waals surface area contributed by atoms with Gasteiger partial charge >= 0.3 is 0 Å². The zero-order valence-corrected chi connectivity index (χ0v) is 8.71. The first-order chi connectivity index (χ1) is 6.92. The van der Waals surface area contributed by atoms with Crippen LogP contribution < -0.4 is 5.32 Å². The van der Waals surface area contributed by atoms with Gasteiger partial charge in [0.2, 0.25) is 0 Å². The van der Waals surface area contributed by atoms with E-state index in [0.29, 0.717) is 0 Å². The van der Waals surface area contributed by atoms with E-state index in [1.165, 1.54) is 44.7 Å². The van der Waals surface area contributed by atoms with Crippen LogP contribution >= 0.6 is 0 Å². The number of nitrogens with one attached hydrogen (secondary N) is 1. The van der Waals surface area contributed by atoms with E-state index in [4.69, 9.17) is 0 Å². The van der Waals surface area contributed by atoms with Crippen LogP contribution in [0.15, 0.2) is 4.99 Å². The van der Waals surface area contributed by atoms with E-state index >= 15 is 0 Å². The second-order valence-electron chi connectivity index (χ2n) is 4.86. The Morgan fingerprint density at radius 3 is 2.79 bits per heavy atom. The van der Waals surface area contributed by atoms with Crippen molar-refractivity contribution >= 4 is 5.84 Å². The Bertz CT molecular complexity index is 241. The molecule has 3 fully saturated rings. The predicted octanol–water partition coefficient (Wildman–Crippen LogP) is 0.720. The fourth-order valence-corrected chi connectivity index (χ4v) is 3.15. The molecule has 0 aromatic heterocycles. The van der Waals surface area contributed by atoms with Gasteiger partial charge in [0.05, 0.1) is 12.4 Å². The highest BCUT2D eigenvalue weighted by atomic mass is 15.2. The SMILES string of the molecule is C1CNC(CC2CN3CCC2CC3)=N1. The molecule has 4 aliphatic heterocycles. The van der Waals surface area contributed by atoms with Crippen molar-refractivity contribution < 1.29 is 0 Å². The molecular weight excluding hydrogens is 174 g/mol. The van der Waals surface area contributed by atoms with E-state index in [-0.39, 0.29) is 0 Å². The zero-order chi connectivity index (χ0) is 9.38. The molecule has 4 rings (SSSR count). The number of aliphatic imine (C=N–C) groups is 1. The quantitative estimate of drug-likeness (QED) is 0.700. The molecule has 4 heterocycles. The number of fused-ring (bicyclic) bond motifs is 3. The molecular formula is C11H19N3. The lowest BCUT2D eigenvalue weighted by Crippen LogP contribution is -2.48. The Balaban J connectivity index is 1.62. The Morgan fingerprint density at radius 2 is 2.21 bits per heavy atom. The molecule has 0 spiro atoms. The van der Waals surface area contributed by atoms with Crippen LogP contribution in [0.25, 0.3) is 0 Å². The van der Waals surface area contributed by atoms with E-state index in [2.05, 4.69) is 15.2 Å². The molecule has 0 radical (unpaired) electrons. The average Bonchev–Trinajstić information content (AvgIpc) is 2.72. The molecule has 4 aliphatic rings. The molecule has 14 heavy (non-hydrogen) atoms. The third kappa shape index (κ3) is 1.54. The summed E-state index contributed by atoms with van der Waals surface area (Å²) in [4.78, 5) is 7.13. The predicted molar refractivity (Wildman–Crippen MR) is 57.6 cm³/mol. The first kappa shape index (κ1) is 8.72. The highest BCUT2D eigenvalue weighted by molar-refractivity contribution is 5.83. The van der Waals surface area contributed by atoms with Gasteiger partial charge in [0.15, 0.2) is 0 Å². The Hall–Kier alpha value is -0.570. The lowest BCUT2D eigenvalue weighted by molar-refractivity contribution is 0.0544. The molecule has 3 nitrogen and oxygen atoms in total. The van der Waals surface area contributed by atoms with Crippen molar-refractivity contribution in [1.29, 1.82) is 0 Å². The summed E-state index contributed by atoms with van der Waals surface area (Å²) in [6.45, 7) is 6.08. The molecule has 1 unspecified atom stereocenters. The fraction of sp³-hybridized carbons (Fsp3) is 0.909. The highest BCUT2D eigenvalue weighted by Crippen LogP contribution is 2.34. The summed E-state index contributed by atoms with van der Waals surface area (Å²) in [7, 11) is 0. The van der Waals surface area contributed by atoms with Crippen molar-refractivity contribution in [3.05, 3.63) is 0 Å². The number of hydrogen-bond donors (Lipinski definition) is 1. The maximum atomic E-state index is 4.50. The number of nitrogens with zero attached hydrogens (tertiary/aromatic N) is 2. The second-order valence-corrected chi connectivity index (χ2v) is 4.86. The van der Waals surface area contributed by atoms with Gasteiger partial charge in [-0.15, -0.1) is 0 Å². The Labute approximate surface area is 85.6 Å². The van der Waals surface area contributed by atoms with Crippen LogP contribution in [0.1, 0.15) is 19.3 Å². The Kier molecular flexibility index (Phi) is 2.20. The monoisotopic (exact) mass is 193 g/mol. The lowest BCUT2D eigenvalue weighted by Gasteiger charge is -2.44. The first-order valence-corrected chi connectivity index (χ1v) is 5.91. The number of rotatable bonds is 2. The minimum atomic E-state index is 0.891. The van der Waals surface area contributed by atoms with Gasteiger partial charge in [-0.05, 0) is 37.8 Å². The summed E-state index contributed by atoms with van der Waals surface area (Å²) < 4.78 is 0. The van der Waals surface area contributed by atoms with Crippen molar-refractivity contribution in [2.24, 2.45) is 16.8 Å². The summed E-state index contributed by atoms with van der Waals surface area (Å²) in [5.41, 5.74) is 0. The molecule has 3 heteroatoms. The summed E-state index contributed by atoms with van der Waals surface area (Å²) in [5.74, 6) is 3.16. The minimum absolute atomic E-state index is 0.891. The molecule has 0 aromatic rings. The maximum Gasteiger partial charge on any atom is 0.0967 e. The van der Waals surface area contributed by atoms with Crippen molar-refractivity contribution in [3.8, 4) is 0 Å². The molecule has 0 saturated carbocycles. The van der Waals surface area contributed by atoms with Crippen molar-refractivity contribution in [2.75, 3.05) is 32.7 Å². The topological polar surface area (TPSA) is 27.6 Å². The van der Waals surface area contributed by atoms with Crippen LogP contribution in [0.2, 0.25) is 0 Å². The van der Waals surface area contributed by atoms with Crippen LogP contribution in [-0.4, -0.2) is 43.5 Å². The minimum Gasteiger partial charge on any atom is -0.372 e. The lowest BCUT2D eigenvalue weighted by atomic mass is 9.77. The van der Waals surface area contributed by atoms with Crippen LogP contribution in [0.4, 0.5) is 0 Å². The largest absolute Gasteiger partial charge is 0.372 e. The molecule has 0 amide bonds. The second kappa shape index (κ2) is 3.54. The third-order valence-electron chi connectivity index (χ3n) is 3.99. The van der Waals surface area contributed by atoms with E-state index < -0.39 is 0 Å². The Morgan fingerprint density at radius 1 is 1.36 bits per heavy atom. The molecule has 2 bridgehead atoms. The standard InChI is InChI=1S/C11H19N3/c1-5-14-6-2-9(1)10(8-14)7-11-12-3-4-13-11/h9-10H,1-8H2,(H,12,13). The number of amidine groups is 1. The molecule has 3 saturated heterocycles. The van der Waals surface area contributed by atoms with E-state index in [1.54, 1.807) is 0 Å². The van der Waals surface area contributed by atoms with Gasteiger partial charge in [-0.3, -0.25) is 4.99 Å². The summed E-state index contributed by atoms with van der Waals surface area (Å²) in [5, 5.41) is 3.39. The van der Waals surface area contributed by atoms with Crippen molar-refractivity contribution in [2.45, 2.75) is 19.3 Å². The molecule has 0 aliphatic carbocycles. The number of hydrogen-bond acceptors (Lipinski definition) is 3. The van der Waals surface area contributed by atoms with E-state index in [1.807, 2.05) is 0 Å². The zero-order valence-electron chi connectivity index (χ0n) is 8.71. The average molecular weight is 193 g/mol. The van der Waals surface area contributed by atoms with Crippen LogP contribution in [-0.2, 0) is 0 Å². The van der Waals surface area contributed by atoms with Crippen molar-refractivity contribution in [3.63, 3.8) is 0 Å². The summed E-state index contributed by atoms with van der Waals surface area (Å²) >= 11 is 0. The van der Waals surface area contributed by atoms with Gasteiger partial charge in [-0.1, -0.05) is 0 Å². The van der Waals surface area contributed by atoms with Gasteiger partial charge in [0.25, 0.3) is 0 Å². The first-order valence-electron chi connectivity index (χ1n) is 5.91. The van der Waals surface area contributed by atoms with E-state index in [9.17, 15) is 0 Å². The number of piperidine rings is 3. The highest BCUT2D eigenvalue weighted by Gasteiger charge is 2.34.